The summed E-state index contributed by atoms with van der Waals surface area (Å²) in [6.45, 7) is 40.5. The van der Waals surface area contributed by atoms with E-state index in [1.54, 1.807) is 0 Å². The van der Waals surface area contributed by atoms with E-state index in [1.165, 1.54) is 16.7 Å². The van der Waals surface area contributed by atoms with Gasteiger partial charge in [0.1, 0.15) is 17.3 Å². The van der Waals surface area contributed by atoms with Crippen molar-refractivity contribution >= 4 is 8.60 Å². The van der Waals surface area contributed by atoms with E-state index in [9.17, 15) is 0 Å². The summed E-state index contributed by atoms with van der Waals surface area (Å²) < 4.78 is 20.9. The molecule has 1 aliphatic carbocycles. The first-order chi connectivity index (χ1) is 21.1. The second-order valence-electron chi connectivity index (χ2n) is 19.5. The number of hydrogen-bond acceptors (Lipinski definition) is 3. The topological polar surface area (TPSA) is 27.7 Å². The molecule has 0 heterocycles. The van der Waals surface area contributed by atoms with E-state index >= 15 is 0 Å². The zero-order valence-electron chi connectivity index (χ0n) is 33.1. The van der Waals surface area contributed by atoms with Crippen molar-refractivity contribution < 1.29 is 13.6 Å². The van der Waals surface area contributed by atoms with Crippen molar-refractivity contribution in [2.24, 2.45) is 10.8 Å². The lowest BCUT2D eigenvalue weighted by Gasteiger charge is -2.31. The van der Waals surface area contributed by atoms with Crippen LogP contribution in [0.4, 0.5) is 0 Å². The minimum atomic E-state index is -1.90. The highest BCUT2D eigenvalue weighted by molar-refractivity contribution is 7.42. The fourth-order valence-corrected chi connectivity index (χ4v) is 6.65. The molecular formula is C43H65O3P. The Balaban J connectivity index is 2.24. The SMILES string of the molecule is CC(C)(C)C1=CC=C(OP(Oc2ccc(C(C)(C)C)cc2C(C)(C)C)Oc2ccc(C(C)(C)C)cc2C(C)(C)C)C(C(C)(C)C)=CC1. The maximum Gasteiger partial charge on any atom is 0.530 e. The Bertz CT molecular complexity index is 1430. The molecule has 0 radical (unpaired) electrons. The minimum Gasteiger partial charge on any atom is -0.408 e. The molecule has 260 valence electrons. The average molecular weight is 661 g/mol. The van der Waals surface area contributed by atoms with Gasteiger partial charge in [0.25, 0.3) is 0 Å². The van der Waals surface area contributed by atoms with Gasteiger partial charge in [0.05, 0.1) is 0 Å². The zero-order valence-corrected chi connectivity index (χ0v) is 34.0. The molecule has 0 bridgehead atoms. The molecule has 0 aromatic heterocycles. The molecule has 0 unspecified atom stereocenters. The van der Waals surface area contributed by atoms with E-state index in [-0.39, 0.29) is 32.5 Å². The van der Waals surface area contributed by atoms with Gasteiger partial charge in [-0.3, -0.25) is 0 Å². The Labute approximate surface area is 290 Å². The molecule has 0 spiro atoms. The predicted molar refractivity (Wildman–Crippen MR) is 205 cm³/mol. The van der Waals surface area contributed by atoms with Crippen molar-refractivity contribution in [3.8, 4) is 11.5 Å². The van der Waals surface area contributed by atoms with E-state index in [4.69, 9.17) is 13.6 Å². The molecule has 0 saturated heterocycles. The lowest BCUT2D eigenvalue weighted by molar-refractivity contribution is 0.317. The van der Waals surface area contributed by atoms with Gasteiger partial charge in [0.2, 0.25) is 0 Å². The third-order valence-corrected chi connectivity index (χ3v) is 9.86. The van der Waals surface area contributed by atoms with E-state index in [0.717, 1.165) is 40.4 Å². The summed E-state index contributed by atoms with van der Waals surface area (Å²) in [6.07, 6.45) is 7.58. The summed E-state index contributed by atoms with van der Waals surface area (Å²) in [5, 5.41) is 0. The monoisotopic (exact) mass is 660 g/mol. The lowest BCUT2D eigenvalue weighted by atomic mass is 9.80. The average Bonchev–Trinajstić information content (AvgIpc) is 3.09. The van der Waals surface area contributed by atoms with Gasteiger partial charge in [-0.05, 0) is 73.8 Å². The van der Waals surface area contributed by atoms with Crippen molar-refractivity contribution in [3.63, 3.8) is 0 Å². The first-order valence-corrected chi connectivity index (χ1v) is 18.4. The highest BCUT2D eigenvalue weighted by Gasteiger charge is 2.33. The first kappa shape index (κ1) is 38.9. The third-order valence-electron chi connectivity index (χ3n) is 8.82. The number of rotatable bonds is 6. The lowest BCUT2D eigenvalue weighted by Crippen LogP contribution is -2.19. The molecular weight excluding hydrogens is 595 g/mol. The van der Waals surface area contributed by atoms with Gasteiger partial charge in [0.15, 0.2) is 0 Å². The summed E-state index contributed by atoms with van der Waals surface area (Å²) >= 11 is 0. The molecule has 3 rings (SSSR count). The molecule has 0 fully saturated rings. The van der Waals surface area contributed by atoms with Crippen molar-refractivity contribution in [2.75, 3.05) is 0 Å². The molecule has 3 nitrogen and oxygen atoms in total. The molecule has 0 saturated carbocycles. The van der Waals surface area contributed by atoms with Crippen LogP contribution in [0.1, 0.15) is 153 Å². The van der Waals surface area contributed by atoms with Crippen LogP contribution in [0.15, 0.2) is 71.5 Å². The first-order valence-electron chi connectivity index (χ1n) is 17.3. The van der Waals surface area contributed by atoms with Crippen LogP contribution >= 0.6 is 8.60 Å². The van der Waals surface area contributed by atoms with E-state index in [0.29, 0.717) is 0 Å². The smallest absolute Gasteiger partial charge is 0.408 e. The third kappa shape index (κ3) is 10.2. The Kier molecular flexibility index (Phi) is 11.1. The second-order valence-corrected chi connectivity index (χ2v) is 20.5. The fraction of sp³-hybridized carbons (Fsp3) is 0.581. The van der Waals surface area contributed by atoms with Gasteiger partial charge >= 0.3 is 8.60 Å². The highest BCUT2D eigenvalue weighted by Crippen LogP contribution is 2.51. The Morgan fingerprint density at radius 2 is 0.894 bits per heavy atom. The largest absolute Gasteiger partial charge is 0.530 e. The van der Waals surface area contributed by atoms with Gasteiger partial charge in [0, 0.05) is 11.1 Å². The summed E-state index contributed by atoms with van der Waals surface area (Å²) in [5.74, 6) is 2.39. The molecule has 2 aromatic rings. The Morgan fingerprint density at radius 3 is 1.23 bits per heavy atom. The van der Waals surface area contributed by atoms with Crippen LogP contribution in [0.2, 0.25) is 0 Å². The Hall–Kier alpha value is -2.51. The van der Waals surface area contributed by atoms with Gasteiger partial charge in [-0.1, -0.05) is 167 Å². The summed E-state index contributed by atoms with van der Waals surface area (Å²) in [7, 11) is -1.90. The van der Waals surface area contributed by atoms with Crippen molar-refractivity contribution in [3.05, 3.63) is 93.8 Å². The van der Waals surface area contributed by atoms with Crippen LogP contribution in [0.5, 0.6) is 11.5 Å². The van der Waals surface area contributed by atoms with Gasteiger partial charge in [-0.2, -0.15) is 0 Å². The van der Waals surface area contributed by atoms with Crippen LogP contribution in [0, 0.1) is 10.8 Å². The van der Waals surface area contributed by atoms with Gasteiger partial charge in [-0.15, -0.1) is 0 Å². The second kappa shape index (κ2) is 13.4. The van der Waals surface area contributed by atoms with Crippen molar-refractivity contribution in [1.29, 1.82) is 0 Å². The summed E-state index contributed by atoms with van der Waals surface area (Å²) in [6, 6.07) is 13.2. The van der Waals surface area contributed by atoms with Crippen LogP contribution in [0.3, 0.4) is 0 Å². The highest BCUT2D eigenvalue weighted by atomic mass is 31.2. The number of hydrogen-bond donors (Lipinski definition) is 0. The van der Waals surface area contributed by atoms with Crippen LogP contribution in [-0.2, 0) is 26.2 Å². The predicted octanol–water partition coefficient (Wildman–Crippen LogP) is 13.8. The molecule has 0 N–H and O–H groups in total. The van der Waals surface area contributed by atoms with Gasteiger partial charge in [-0.25, -0.2) is 0 Å². The normalized spacial score (nSPS) is 15.5. The molecule has 1 aliphatic rings. The number of benzene rings is 2. The van der Waals surface area contributed by atoms with Crippen molar-refractivity contribution in [2.45, 2.75) is 153 Å². The number of allylic oxidation sites excluding steroid dienone is 5. The van der Waals surface area contributed by atoms with E-state index < -0.39 is 8.60 Å². The summed E-state index contributed by atoms with van der Waals surface area (Å²) in [4.78, 5) is 0. The van der Waals surface area contributed by atoms with Crippen LogP contribution in [0.25, 0.3) is 0 Å². The maximum atomic E-state index is 6.98. The molecule has 0 amide bonds. The fourth-order valence-electron chi connectivity index (χ4n) is 5.58. The van der Waals surface area contributed by atoms with E-state index in [1.807, 2.05) is 0 Å². The Morgan fingerprint density at radius 1 is 0.468 bits per heavy atom. The molecule has 0 aliphatic heterocycles. The molecule has 47 heavy (non-hydrogen) atoms. The molecule has 0 atom stereocenters. The van der Waals surface area contributed by atoms with Crippen LogP contribution < -0.4 is 9.05 Å². The maximum absolute atomic E-state index is 6.98. The van der Waals surface area contributed by atoms with Gasteiger partial charge < -0.3 is 13.6 Å². The summed E-state index contributed by atoms with van der Waals surface area (Å²) in [5.41, 5.74) is 7.00. The van der Waals surface area contributed by atoms with E-state index in [2.05, 4.69) is 179 Å². The quantitative estimate of drug-likeness (QED) is 0.289. The standard InChI is InChI=1S/C43H65O3P/c1-38(2,3)29-19-23-32(41(10,11)12)35(24-20-29)44-47(45-36-25-21-30(39(4,5)6)27-33(36)42(13,14)15)46-37-26-22-31(40(7,8)9)28-34(37)43(16,17)18/h20-28H,19H2,1-18H3. The minimum absolute atomic E-state index is 0.0152. The molecule has 4 heteroatoms. The van der Waals surface area contributed by atoms with Crippen LogP contribution in [-0.4, -0.2) is 0 Å². The molecule has 2 aromatic carbocycles. The zero-order chi connectivity index (χ0) is 36.0. The van der Waals surface area contributed by atoms with Crippen molar-refractivity contribution in [1.82, 2.24) is 0 Å².